The number of methoxy groups -OCH3 is 2. The summed E-state index contributed by atoms with van der Waals surface area (Å²) >= 11 is 0. The van der Waals surface area contributed by atoms with Gasteiger partial charge in [-0.3, -0.25) is 4.79 Å². The highest BCUT2D eigenvalue weighted by Crippen LogP contribution is 2.00. The van der Waals surface area contributed by atoms with Crippen LogP contribution in [0, 0.1) is 0 Å². The number of aliphatic carboxylic acids is 1. The lowest BCUT2D eigenvalue weighted by Gasteiger charge is -2.18. The zero-order valence-corrected chi connectivity index (χ0v) is 15.6. The highest BCUT2D eigenvalue weighted by Gasteiger charge is 2.15. The second-order valence-corrected chi connectivity index (χ2v) is 5.53. The molecule has 26 heavy (non-hydrogen) atoms. The Bertz CT molecular complexity index is 358. The third-order valence-corrected chi connectivity index (χ3v) is 3.27. The molecule has 0 aromatic heterocycles. The van der Waals surface area contributed by atoms with Crippen LogP contribution >= 0.6 is 0 Å². The molecule has 0 aliphatic heterocycles. The topological polar surface area (TPSA) is 139 Å². The van der Waals surface area contributed by atoms with Crippen molar-refractivity contribution in [1.82, 2.24) is 5.32 Å². The maximum absolute atomic E-state index is 11.8. The number of rotatable bonds is 17. The van der Waals surface area contributed by atoms with Gasteiger partial charge in [0.05, 0.1) is 39.6 Å². The molecule has 10 heteroatoms. The Labute approximate surface area is 154 Å². The van der Waals surface area contributed by atoms with Gasteiger partial charge in [0.25, 0.3) is 0 Å². The highest BCUT2D eigenvalue weighted by atomic mass is 16.6. The van der Waals surface area contributed by atoms with Crippen LogP contribution in [0.2, 0.25) is 0 Å². The average Bonchev–Trinajstić information content (AvgIpc) is 2.61. The molecule has 0 saturated carbocycles. The van der Waals surface area contributed by atoms with Crippen LogP contribution in [0.5, 0.6) is 0 Å². The van der Waals surface area contributed by atoms with E-state index in [1.165, 1.54) is 0 Å². The maximum Gasteiger partial charge on any atom is 0.407 e. The molecule has 0 rings (SSSR count). The second-order valence-electron chi connectivity index (χ2n) is 5.53. The van der Waals surface area contributed by atoms with Crippen LogP contribution in [-0.4, -0.2) is 89.7 Å². The van der Waals surface area contributed by atoms with Gasteiger partial charge in [-0.05, 0) is 19.3 Å². The van der Waals surface area contributed by atoms with E-state index >= 15 is 0 Å². The van der Waals surface area contributed by atoms with Crippen LogP contribution < -0.4 is 11.1 Å². The van der Waals surface area contributed by atoms with Crippen molar-refractivity contribution in [3.05, 3.63) is 0 Å². The number of unbranched alkanes of at least 4 members (excludes halogenated alkanes) is 1. The van der Waals surface area contributed by atoms with E-state index in [0.29, 0.717) is 52.2 Å². The van der Waals surface area contributed by atoms with Gasteiger partial charge in [0.15, 0.2) is 6.10 Å². The van der Waals surface area contributed by atoms with E-state index in [0.717, 1.165) is 0 Å². The summed E-state index contributed by atoms with van der Waals surface area (Å²) in [4.78, 5) is 22.4. The van der Waals surface area contributed by atoms with Gasteiger partial charge >= 0.3 is 12.1 Å². The molecule has 0 radical (unpaired) electrons. The van der Waals surface area contributed by atoms with Crippen molar-refractivity contribution in [2.45, 2.75) is 31.4 Å². The molecule has 0 aromatic rings. The Morgan fingerprint density at radius 1 is 1.00 bits per heavy atom. The molecule has 0 spiro atoms. The summed E-state index contributed by atoms with van der Waals surface area (Å²) in [5.74, 6) is -1.03. The minimum Gasteiger partial charge on any atom is -0.480 e. The third-order valence-electron chi connectivity index (χ3n) is 3.27. The second kappa shape index (κ2) is 17.0. The van der Waals surface area contributed by atoms with E-state index in [-0.39, 0.29) is 13.2 Å². The Kier molecular flexibility index (Phi) is 16.0. The van der Waals surface area contributed by atoms with Crippen LogP contribution in [0.15, 0.2) is 0 Å². The first-order valence-electron chi connectivity index (χ1n) is 8.57. The van der Waals surface area contributed by atoms with Gasteiger partial charge in [-0.2, -0.15) is 0 Å². The van der Waals surface area contributed by atoms with Gasteiger partial charge in [-0.25, -0.2) is 4.79 Å². The molecular weight excluding hydrogens is 348 g/mol. The number of carboxylic acids is 1. The monoisotopic (exact) mass is 380 g/mol. The summed E-state index contributed by atoms with van der Waals surface area (Å²) in [6.45, 7) is 2.42. The molecule has 1 unspecified atom stereocenters. The van der Waals surface area contributed by atoms with Crippen LogP contribution in [0.1, 0.15) is 19.3 Å². The highest BCUT2D eigenvalue weighted by molar-refractivity contribution is 5.72. The van der Waals surface area contributed by atoms with E-state index in [4.69, 9.17) is 34.5 Å². The lowest BCUT2D eigenvalue weighted by Crippen LogP contribution is -2.35. The predicted octanol–water partition coefficient (Wildman–Crippen LogP) is -0.0106. The van der Waals surface area contributed by atoms with E-state index in [9.17, 15) is 9.59 Å². The number of hydrogen-bond acceptors (Lipinski definition) is 8. The summed E-state index contributed by atoms with van der Waals surface area (Å²) in [5, 5.41) is 11.3. The van der Waals surface area contributed by atoms with Gasteiger partial charge in [0.2, 0.25) is 0 Å². The number of nitrogens with one attached hydrogen (secondary N) is 1. The number of hydrogen-bond donors (Lipinski definition) is 3. The molecule has 0 bridgehead atoms. The predicted molar refractivity (Wildman–Crippen MR) is 93.1 cm³/mol. The Morgan fingerprint density at radius 2 is 1.58 bits per heavy atom. The number of alkyl carbamates (subject to hydrolysis) is 1. The molecule has 1 atom stereocenters. The smallest absolute Gasteiger partial charge is 0.407 e. The Hall–Kier alpha value is -1.46. The normalized spacial score (nSPS) is 12.2. The number of nitrogens with two attached hydrogens (primary N) is 1. The van der Waals surface area contributed by atoms with Crippen molar-refractivity contribution < 1.29 is 38.4 Å². The standard InChI is InChI=1S/C16H32N2O8/c1-22-7-9-24-11-13(12-25-10-8-23-2)26-16(21)18-6-4-3-5-14(17)15(19)20/h13-14H,3-12,17H2,1-2H3,(H,18,21)(H,19,20). The van der Waals surface area contributed by atoms with Crippen molar-refractivity contribution in [1.29, 1.82) is 0 Å². The summed E-state index contributed by atoms with van der Waals surface area (Å²) in [6.07, 6.45) is 0.426. The van der Waals surface area contributed by atoms with Crippen molar-refractivity contribution >= 4 is 12.1 Å². The fourth-order valence-corrected chi connectivity index (χ4v) is 1.83. The first-order valence-corrected chi connectivity index (χ1v) is 8.57. The van der Waals surface area contributed by atoms with Crippen molar-refractivity contribution in [2.24, 2.45) is 5.73 Å². The number of carbonyl (C=O) groups is 2. The zero-order valence-electron chi connectivity index (χ0n) is 15.6. The molecule has 0 saturated heterocycles. The Balaban J connectivity index is 3.99. The summed E-state index contributed by atoms with van der Waals surface area (Å²) in [7, 11) is 3.14. The third kappa shape index (κ3) is 14.8. The molecule has 0 heterocycles. The molecule has 0 fully saturated rings. The van der Waals surface area contributed by atoms with E-state index in [2.05, 4.69) is 5.32 Å². The van der Waals surface area contributed by atoms with Crippen molar-refractivity contribution in [3.63, 3.8) is 0 Å². The first-order chi connectivity index (χ1) is 12.5. The first kappa shape index (κ1) is 24.5. The van der Waals surface area contributed by atoms with Gasteiger partial charge in [-0.15, -0.1) is 0 Å². The summed E-state index contributed by atoms with van der Waals surface area (Å²) < 4.78 is 25.8. The Morgan fingerprint density at radius 3 is 2.08 bits per heavy atom. The minimum atomic E-state index is -1.03. The van der Waals surface area contributed by atoms with Crippen LogP contribution in [0.4, 0.5) is 4.79 Å². The van der Waals surface area contributed by atoms with Crippen molar-refractivity contribution in [3.8, 4) is 0 Å². The minimum absolute atomic E-state index is 0.192. The molecule has 0 aliphatic carbocycles. The molecule has 0 aliphatic rings. The molecule has 4 N–H and O–H groups in total. The fraction of sp³-hybridized carbons (Fsp3) is 0.875. The number of carbonyl (C=O) groups excluding carboxylic acids is 1. The van der Waals surface area contributed by atoms with Crippen molar-refractivity contribution in [2.75, 3.05) is 60.4 Å². The lowest BCUT2D eigenvalue weighted by atomic mass is 10.1. The van der Waals surface area contributed by atoms with E-state index < -0.39 is 24.2 Å². The van der Waals surface area contributed by atoms with Crippen LogP contribution in [0.25, 0.3) is 0 Å². The largest absolute Gasteiger partial charge is 0.480 e. The quantitative estimate of drug-likeness (QED) is 0.297. The van der Waals surface area contributed by atoms with E-state index in [1.807, 2.05) is 0 Å². The maximum atomic E-state index is 11.8. The fourth-order valence-electron chi connectivity index (χ4n) is 1.83. The van der Waals surface area contributed by atoms with E-state index in [1.54, 1.807) is 14.2 Å². The van der Waals surface area contributed by atoms with Gasteiger partial charge in [0.1, 0.15) is 6.04 Å². The molecule has 1 amide bonds. The number of carboxylic acid groups (broad SMARTS) is 1. The molecule has 0 aromatic carbocycles. The lowest BCUT2D eigenvalue weighted by molar-refractivity contribution is -0.138. The number of ether oxygens (including phenoxy) is 5. The van der Waals surface area contributed by atoms with Gasteiger partial charge in [0, 0.05) is 20.8 Å². The molecule has 154 valence electrons. The molecule has 10 nitrogen and oxygen atoms in total. The van der Waals surface area contributed by atoms with Gasteiger partial charge < -0.3 is 39.8 Å². The summed E-state index contributed by atoms with van der Waals surface area (Å²) in [5.41, 5.74) is 5.40. The van der Waals surface area contributed by atoms with Crippen LogP contribution in [0.3, 0.4) is 0 Å². The summed E-state index contributed by atoms with van der Waals surface area (Å²) in [6, 6.07) is -0.875. The average molecular weight is 380 g/mol. The SMILES string of the molecule is COCCOCC(COCCOC)OC(=O)NCCCCC(N)C(=O)O. The number of amides is 1. The molecular formula is C16H32N2O8. The van der Waals surface area contributed by atoms with Gasteiger partial charge in [-0.1, -0.05) is 0 Å². The zero-order chi connectivity index (χ0) is 19.6. The van der Waals surface area contributed by atoms with Crippen LogP contribution in [-0.2, 0) is 28.5 Å².